The Kier molecular flexibility index (Phi) is 5.61. The van der Waals surface area contributed by atoms with Gasteiger partial charge in [0.05, 0.1) is 4.90 Å². The van der Waals surface area contributed by atoms with Crippen molar-refractivity contribution in [3.63, 3.8) is 0 Å². The number of sulfonamides is 1. The molecule has 0 aliphatic heterocycles. The third-order valence-corrected chi connectivity index (χ3v) is 4.24. The van der Waals surface area contributed by atoms with E-state index in [0.717, 1.165) is 24.8 Å². The molecule has 0 saturated carbocycles. The van der Waals surface area contributed by atoms with Crippen LogP contribution >= 0.6 is 22.6 Å². The molecule has 0 heterocycles. The highest BCUT2D eigenvalue weighted by molar-refractivity contribution is 14.1. The topological polar surface area (TPSA) is 60.2 Å². The van der Waals surface area contributed by atoms with Gasteiger partial charge in [-0.2, -0.15) is 0 Å². The fourth-order valence-electron chi connectivity index (χ4n) is 1.43. The molecule has 0 amide bonds. The summed E-state index contributed by atoms with van der Waals surface area (Å²) in [5.74, 6) is 0. The van der Waals surface area contributed by atoms with Crippen LogP contribution in [0.1, 0.15) is 25.3 Å². The standard InChI is InChI=1S/C12H16INO2S/c1-2-3-11(13)7-4-10-5-8-12(9-6-10)17(14,15)16/h3,5-6,8-9H,2,4,7H2,1H3,(H2,14,15,16). The van der Waals surface area contributed by atoms with Gasteiger partial charge in [-0.05, 0) is 63.1 Å². The van der Waals surface area contributed by atoms with Gasteiger partial charge in [-0.25, -0.2) is 13.6 Å². The van der Waals surface area contributed by atoms with Gasteiger partial charge in [-0.3, -0.25) is 0 Å². The Morgan fingerprint density at radius 1 is 1.35 bits per heavy atom. The third-order valence-electron chi connectivity index (χ3n) is 2.33. The molecule has 0 spiro atoms. The summed E-state index contributed by atoms with van der Waals surface area (Å²) < 4.78 is 23.5. The number of allylic oxidation sites excluding steroid dienone is 2. The Morgan fingerprint density at radius 2 is 1.94 bits per heavy atom. The molecule has 0 unspecified atom stereocenters. The maximum Gasteiger partial charge on any atom is 0.238 e. The molecule has 0 bridgehead atoms. The molecule has 0 fully saturated rings. The summed E-state index contributed by atoms with van der Waals surface area (Å²) in [6, 6.07) is 6.74. The van der Waals surface area contributed by atoms with Gasteiger partial charge >= 0.3 is 0 Å². The Bertz CT molecular complexity index is 492. The van der Waals surface area contributed by atoms with Gasteiger partial charge in [0, 0.05) is 0 Å². The fourth-order valence-corrected chi connectivity index (χ4v) is 2.66. The summed E-state index contributed by atoms with van der Waals surface area (Å²) in [5, 5.41) is 5.03. The maximum absolute atomic E-state index is 11.1. The maximum atomic E-state index is 11.1. The van der Waals surface area contributed by atoms with Crippen molar-refractivity contribution in [2.45, 2.75) is 31.1 Å². The first-order chi connectivity index (χ1) is 7.93. The molecule has 0 aliphatic carbocycles. The van der Waals surface area contributed by atoms with Crippen LogP contribution in [0.3, 0.4) is 0 Å². The van der Waals surface area contributed by atoms with E-state index in [0.29, 0.717) is 0 Å². The van der Waals surface area contributed by atoms with Crippen LogP contribution in [0, 0.1) is 0 Å². The smallest absolute Gasteiger partial charge is 0.225 e. The van der Waals surface area contributed by atoms with E-state index in [9.17, 15) is 8.42 Å². The molecule has 0 atom stereocenters. The number of nitrogens with two attached hydrogens (primary N) is 1. The highest BCUT2D eigenvalue weighted by Gasteiger charge is 2.06. The molecular formula is C12H16INO2S. The lowest BCUT2D eigenvalue weighted by Gasteiger charge is -2.03. The third kappa shape index (κ3) is 5.18. The number of hydrogen-bond acceptors (Lipinski definition) is 2. The molecule has 94 valence electrons. The van der Waals surface area contributed by atoms with E-state index >= 15 is 0 Å². The van der Waals surface area contributed by atoms with Gasteiger partial charge in [0.15, 0.2) is 0 Å². The first kappa shape index (κ1) is 14.7. The van der Waals surface area contributed by atoms with Crippen molar-refractivity contribution in [1.29, 1.82) is 0 Å². The summed E-state index contributed by atoms with van der Waals surface area (Å²) in [5.41, 5.74) is 1.12. The molecule has 0 aromatic heterocycles. The molecule has 5 heteroatoms. The summed E-state index contributed by atoms with van der Waals surface area (Å²) in [4.78, 5) is 0.167. The number of aryl methyl sites for hydroxylation is 1. The van der Waals surface area contributed by atoms with Crippen molar-refractivity contribution < 1.29 is 8.42 Å². The average molecular weight is 365 g/mol. The summed E-state index contributed by atoms with van der Waals surface area (Å²) in [6.45, 7) is 2.11. The molecule has 1 aromatic rings. The summed E-state index contributed by atoms with van der Waals surface area (Å²) in [7, 11) is -3.57. The zero-order valence-electron chi connectivity index (χ0n) is 9.69. The van der Waals surface area contributed by atoms with E-state index in [4.69, 9.17) is 5.14 Å². The summed E-state index contributed by atoms with van der Waals surface area (Å²) in [6.07, 6.45) is 5.14. The number of rotatable bonds is 5. The van der Waals surface area contributed by atoms with Crippen LogP contribution in [-0.2, 0) is 16.4 Å². The van der Waals surface area contributed by atoms with Crippen molar-refractivity contribution >= 4 is 32.6 Å². The Morgan fingerprint density at radius 3 is 2.41 bits per heavy atom. The lowest BCUT2D eigenvalue weighted by Crippen LogP contribution is -2.11. The van der Waals surface area contributed by atoms with Crippen molar-refractivity contribution in [2.75, 3.05) is 0 Å². The second-order valence-corrected chi connectivity index (χ2v) is 6.70. The number of benzene rings is 1. The molecule has 3 nitrogen and oxygen atoms in total. The van der Waals surface area contributed by atoms with Crippen LogP contribution in [-0.4, -0.2) is 8.42 Å². The minimum Gasteiger partial charge on any atom is -0.225 e. The lowest BCUT2D eigenvalue weighted by atomic mass is 10.1. The predicted molar refractivity (Wildman–Crippen MR) is 78.5 cm³/mol. The minimum absolute atomic E-state index is 0.167. The van der Waals surface area contributed by atoms with Crippen molar-refractivity contribution in [1.82, 2.24) is 0 Å². The van der Waals surface area contributed by atoms with Gasteiger partial charge in [0.1, 0.15) is 0 Å². The molecule has 0 aliphatic rings. The van der Waals surface area contributed by atoms with Crippen molar-refractivity contribution in [2.24, 2.45) is 5.14 Å². The molecular weight excluding hydrogens is 349 g/mol. The summed E-state index contributed by atoms with van der Waals surface area (Å²) >= 11 is 2.33. The van der Waals surface area contributed by atoms with Gasteiger partial charge in [0.2, 0.25) is 10.0 Å². The zero-order valence-corrected chi connectivity index (χ0v) is 12.7. The Hall–Kier alpha value is -0.400. The van der Waals surface area contributed by atoms with Crippen LogP contribution in [0.25, 0.3) is 0 Å². The first-order valence-electron chi connectivity index (χ1n) is 5.39. The normalized spacial score (nSPS) is 12.8. The average Bonchev–Trinajstić information content (AvgIpc) is 2.26. The van der Waals surface area contributed by atoms with Gasteiger partial charge < -0.3 is 0 Å². The van der Waals surface area contributed by atoms with Crippen LogP contribution in [0.15, 0.2) is 38.8 Å². The van der Waals surface area contributed by atoms with Crippen LogP contribution in [0.2, 0.25) is 0 Å². The zero-order chi connectivity index (χ0) is 12.9. The van der Waals surface area contributed by atoms with E-state index in [1.54, 1.807) is 12.1 Å². The van der Waals surface area contributed by atoms with Crippen LogP contribution in [0.4, 0.5) is 0 Å². The molecule has 0 saturated heterocycles. The second kappa shape index (κ2) is 6.51. The number of halogens is 1. The lowest BCUT2D eigenvalue weighted by molar-refractivity contribution is 0.598. The van der Waals surface area contributed by atoms with E-state index in [2.05, 4.69) is 35.6 Å². The number of primary sulfonamides is 1. The fraction of sp³-hybridized carbons (Fsp3) is 0.333. The highest BCUT2D eigenvalue weighted by Crippen LogP contribution is 2.17. The Labute approximate surface area is 116 Å². The highest BCUT2D eigenvalue weighted by atomic mass is 127. The minimum atomic E-state index is -3.57. The van der Waals surface area contributed by atoms with E-state index in [1.807, 2.05) is 12.1 Å². The first-order valence-corrected chi connectivity index (χ1v) is 8.02. The molecule has 2 N–H and O–H groups in total. The van der Waals surface area contributed by atoms with Gasteiger partial charge in [-0.15, -0.1) is 0 Å². The molecule has 0 radical (unpaired) electrons. The van der Waals surface area contributed by atoms with E-state index in [1.165, 1.54) is 3.58 Å². The monoisotopic (exact) mass is 365 g/mol. The molecule has 1 rings (SSSR count). The molecule has 1 aromatic carbocycles. The second-order valence-electron chi connectivity index (χ2n) is 3.75. The van der Waals surface area contributed by atoms with E-state index < -0.39 is 10.0 Å². The Balaban J connectivity index is 2.67. The van der Waals surface area contributed by atoms with Gasteiger partial charge in [0.25, 0.3) is 0 Å². The quantitative estimate of drug-likeness (QED) is 0.816. The van der Waals surface area contributed by atoms with Gasteiger partial charge in [-0.1, -0.05) is 25.1 Å². The van der Waals surface area contributed by atoms with E-state index in [-0.39, 0.29) is 4.90 Å². The molecule has 17 heavy (non-hydrogen) atoms. The predicted octanol–water partition coefficient (Wildman–Crippen LogP) is 3.00. The van der Waals surface area contributed by atoms with Crippen LogP contribution in [0.5, 0.6) is 0 Å². The SMILES string of the molecule is CCC=C(I)CCc1ccc(S(N)(=O)=O)cc1. The largest absolute Gasteiger partial charge is 0.238 e. The van der Waals surface area contributed by atoms with Crippen molar-refractivity contribution in [3.8, 4) is 0 Å². The number of hydrogen-bond donors (Lipinski definition) is 1. The van der Waals surface area contributed by atoms with Crippen LogP contribution < -0.4 is 5.14 Å². The van der Waals surface area contributed by atoms with Crippen molar-refractivity contribution in [3.05, 3.63) is 39.5 Å².